The molecule has 0 spiro atoms. The van der Waals surface area contributed by atoms with Crippen LogP contribution in [-0.2, 0) is 16.1 Å². The summed E-state index contributed by atoms with van der Waals surface area (Å²) in [6.45, 7) is 2.88. The highest BCUT2D eigenvalue weighted by Crippen LogP contribution is 2.25. The standard InChI is InChI=1S/C17H18N2O4/c1-2-22-13-7-5-12(6-8-13)19-16(20)10-15(17(19)21)18-11-14-4-3-9-23-14/h3-9,15,18H,2,10-11H2,1H3/t15-/m0/s1. The van der Waals surface area contributed by atoms with Crippen LogP contribution in [0.25, 0.3) is 0 Å². The van der Waals surface area contributed by atoms with Gasteiger partial charge in [0.05, 0.1) is 37.6 Å². The van der Waals surface area contributed by atoms with Crippen molar-refractivity contribution in [2.45, 2.75) is 25.9 Å². The van der Waals surface area contributed by atoms with Gasteiger partial charge in [-0.1, -0.05) is 0 Å². The highest BCUT2D eigenvalue weighted by molar-refractivity contribution is 6.22. The van der Waals surface area contributed by atoms with E-state index in [0.717, 1.165) is 5.76 Å². The molecule has 6 heteroatoms. The number of rotatable bonds is 6. The van der Waals surface area contributed by atoms with Crippen LogP contribution in [0.2, 0.25) is 0 Å². The van der Waals surface area contributed by atoms with Crippen molar-refractivity contribution in [3.8, 4) is 5.75 Å². The second-order valence-corrected chi connectivity index (χ2v) is 5.21. The summed E-state index contributed by atoms with van der Waals surface area (Å²) in [4.78, 5) is 25.9. The highest BCUT2D eigenvalue weighted by Gasteiger charge is 2.39. The zero-order valence-electron chi connectivity index (χ0n) is 12.8. The van der Waals surface area contributed by atoms with Crippen LogP contribution in [0.15, 0.2) is 47.1 Å². The first-order valence-corrected chi connectivity index (χ1v) is 7.54. The molecular formula is C17H18N2O4. The van der Waals surface area contributed by atoms with Crippen molar-refractivity contribution < 1.29 is 18.7 Å². The Kier molecular flexibility index (Phi) is 4.43. The number of nitrogens with one attached hydrogen (secondary N) is 1. The molecule has 23 heavy (non-hydrogen) atoms. The van der Waals surface area contributed by atoms with Gasteiger partial charge in [0.15, 0.2) is 0 Å². The van der Waals surface area contributed by atoms with Crippen molar-refractivity contribution in [2.24, 2.45) is 0 Å². The molecule has 0 aliphatic carbocycles. The summed E-state index contributed by atoms with van der Waals surface area (Å²) < 4.78 is 10.6. The van der Waals surface area contributed by atoms with Crippen LogP contribution in [0, 0.1) is 0 Å². The molecular weight excluding hydrogens is 296 g/mol. The molecule has 1 aliphatic heterocycles. The molecule has 120 valence electrons. The maximum Gasteiger partial charge on any atom is 0.251 e. The van der Waals surface area contributed by atoms with Crippen molar-refractivity contribution in [3.05, 3.63) is 48.4 Å². The number of anilines is 1. The lowest BCUT2D eigenvalue weighted by Gasteiger charge is -2.16. The molecule has 1 N–H and O–H groups in total. The summed E-state index contributed by atoms with van der Waals surface area (Å²) in [5, 5.41) is 3.07. The summed E-state index contributed by atoms with van der Waals surface area (Å²) in [6.07, 6.45) is 1.72. The van der Waals surface area contributed by atoms with Gasteiger partial charge in [-0.3, -0.25) is 14.9 Å². The van der Waals surface area contributed by atoms with E-state index in [1.54, 1.807) is 36.6 Å². The van der Waals surface area contributed by atoms with E-state index in [9.17, 15) is 9.59 Å². The molecule has 1 aromatic heterocycles. The predicted molar refractivity (Wildman–Crippen MR) is 84.1 cm³/mol. The zero-order chi connectivity index (χ0) is 16.2. The van der Waals surface area contributed by atoms with Crippen LogP contribution in [0.1, 0.15) is 19.1 Å². The first-order chi connectivity index (χ1) is 11.2. The first kappa shape index (κ1) is 15.3. The quantitative estimate of drug-likeness (QED) is 0.827. The summed E-state index contributed by atoms with van der Waals surface area (Å²) in [7, 11) is 0. The summed E-state index contributed by atoms with van der Waals surface area (Å²) in [6, 6.07) is 10.0. The third-order valence-electron chi connectivity index (χ3n) is 3.66. The van der Waals surface area contributed by atoms with Gasteiger partial charge in [0, 0.05) is 0 Å². The smallest absolute Gasteiger partial charge is 0.251 e. The Morgan fingerprint density at radius 2 is 2.04 bits per heavy atom. The third-order valence-corrected chi connectivity index (χ3v) is 3.66. The highest BCUT2D eigenvalue weighted by atomic mass is 16.5. The van der Waals surface area contributed by atoms with Crippen LogP contribution in [0.5, 0.6) is 5.75 Å². The monoisotopic (exact) mass is 314 g/mol. The van der Waals surface area contributed by atoms with Crippen LogP contribution in [0.4, 0.5) is 5.69 Å². The Bertz CT molecular complexity index is 679. The number of carbonyl (C=O) groups excluding carboxylic acids is 2. The van der Waals surface area contributed by atoms with Gasteiger partial charge in [-0.05, 0) is 43.3 Å². The Morgan fingerprint density at radius 1 is 1.26 bits per heavy atom. The fourth-order valence-electron chi connectivity index (χ4n) is 2.56. The van der Waals surface area contributed by atoms with Crippen molar-refractivity contribution >= 4 is 17.5 Å². The number of hydrogen-bond acceptors (Lipinski definition) is 5. The summed E-state index contributed by atoms with van der Waals surface area (Å²) in [5.74, 6) is 0.981. The largest absolute Gasteiger partial charge is 0.494 e. The number of amides is 2. The fourth-order valence-corrected chi connectivity index (χ4v) is 2.56. The lowest BCUT2D eigenvalue weighted by atomic mass is 10.2. The van der Waals surface area contributed by atoms with Crippen LogP contribution in [-0.4, -0.2) is 24.5 Å². The fraction of sp³-hybridized carbons (Fsp3) is 0.294. The van der Waals surface area contributed by atoms with Gasteiger partial charge < -0.3 is 9.15 Å². The Balaban J connectivity index is 1.68. The van der Waals surface area contributed by atoms with E-state index in [-0.39, 0.29) is 18.2 Å². The van der Waals surface area contributed by atoms with Gasteiger partial charge in [0.25, 0.3) is 5.91 Å². The second kappa shape index (κ2) is 6.66. The van der Waals surface area contributed by atoms with Gasteiger partial charge >= 0.3 is 0 Å². The Hall–Kier alpha value is -2.60. The molecule has 3 rings (SSSR count). The van der Waals surface area contributed by atoms with Crippen molar-refractivity contribution in [1.82, 2.24) is 5.32 Å². The van der Waals surface area contributed by atoms with E-state index in [1.807, 2.05) is 13.0 Å². The van der Waals surface area contributed by atoms with Crippen molar-refractivity contribution in [2.75, 3.05) is 11.5 Å². The average molecular weight is 314 g/mol. The van der Waals surface area contributed by atoms with E-state index in [2.05, 4.69) is 5.32 Å². The molecule has 0 radical (unpaired) electrons. The van der Waals surface area contributed by atoms with Gasteiger partial charge in [0.2, 0.25) is 5.91 Å². The topological polar surface area (TPSA) is 71.8 Å². The number of benzene rings is 1. The average Bonchev–Trinajstić information content (AvgIpc) is 3.15. The third kappa shape index (κ3) is 3.27. The van der Waals surface area contributed by atoms with E-state index in [1.165, 1.54) is 4.90 Å². The van der Waals surface area contributed by atoms with Gasteiger partial charge in [-0.25, -0.2) is 4.90 Å². The summed E-state index contributed by atoms with van der Waals surface area (Å²) >= 11 is 0. The van der Waals surface area contributed by atoms with Crippen LogP contribution in [0.3, 0.4) is 0 Å². The molecule has 1 atom stereocenters. The molecule has 1 aliphatic rings. The molecule has 2 aromatic rings. The van der Waals surface area contributed by atoms with Gasteiger partial charge in [-0.2, -0.15) is 0 Å². The number of imide groups is 1. The van der Waals surface area contributed by atoms with Crippen LogP contribution >= 0.6 is 0 Å². The van der Waals surface area contributed by atoms with Crippen molar-refractivity contribution in [3.63, 3.8) is 0 Å². The number of nitrogens with zero attached hydrogens (tertiary/aromatic N) is 1. The molecule has 0 unspecified atom stereocenters. The molecule has 2 amide bonds. The maximum absolute atomic E-state index is 12.5. The Morgan fingerprint density at radius 3 is 2.70 bits per heavy atom. The molecule has 2 heterocycles. The zero-order valence-corrected chi connectivity index (χ0v) is 12.8. The summed E-state index contributed by atoms with van der Waals surface area (Å²) in [5.41, 5.74) is 0.561. The van der Waals surface area contributed by atoms with Gasteiger partial charge in [0.1, 0.15) is 11.5 Å². The van der Waals surface area contributed by atoms with E-state index in [0.29, 0.717) is 24.6 Å². The number of furan rings is 1. The number of hydrogen-bond donors (Lipinski definition) is 1. The van der Waals surface area contributed by atoms with Crippen LogP contribution < -0.4 is 15.0 Å². The first-order valence-electron chi connectivity index (χ1n) is 7.54. The minimum Gasteiger partial charge on any atom is -0.494 e. The molecule has 6 nitrogen and oxygen atoms in total. The SMILES string of the molecule is CCOc1ccc(N2C(=O)C[C@H](NCc3ccco3)C2=O)cc1. The van der Waals surface area contributed by atoms with E-state index in [4.69, 9.17) is 9.15 Å². The van der Waals surface area contributed by atoms with Gasteiger partial charge in [-0.15, -0.1) is 0 Å². The van der Waals surface area contributed by atoms with E-state index < -0.39 is 6.04 Å². The molecule has 1 saturated heterocycles. The number of carbonyl (C=O) groups is 2. The maximum atomic E-state index is 12.5. The normalized spacial score (nSPS) is 17.8. The Labute approximate surface area is 134 Å². The predicted octanol–water partition coefficient (Wildman–Crippen LogP) is 2.10. The molecule has 0 bridgehead atoms. The second-order valence-electron chi connectivity index (χ2n) is 5.21. The molecule has 1 aromatic carbocycles. The number of ether oxygens (including phenoxy) is 1. The minimum absolute atomic E-state index is 0.146. The molecule has 1 fully saturated rings. The minimum atomic E-state index is -0.529. The van der Waals surface area contributed by atoms with E-state index >= 15 is 0 Å². The lowest BCUT2D eigenvalue weighted by molar-refractivity contribution is -0.121. The lowest BCUT2D eigenvalue weighted by Crippen LogP contribution is -2.38. The van der Waals surface area contributed by atoms with Crippen molar-refractivity contribution in [1.29, 1.82) is 0 Å². The molecule has 0 saturated carbocycles.